The maximum atomic E-state index is 11.8. The first kappa shape index (κ1) is 27.3. The van der Waals surface area contributed by atoms with Crippen molar-refractivity contribution >= 4 is 5.97 Å². The number of hydrogen-bond donors (Lipinski definition) is 0. The molecule has 0 heterocycles. The zero-order valence-electron chi connectivity index (χ0n) is 18.6. The van der Waals surface area contributed by atoms with Gasteiger partial charge in [0.1, 0.15) is 5.75 Å². The Labute approximate surface area is 187 Å². The number of carbonyl (C=O) groups excluding carboxylic acids is 1. The number of hydrogen-bond acceptors (Lipinski definition) is 2. The first-order chi connectivity index (χ1) is 13.2. The summed E-state index contributed by atoms with van der Waals surface area (Å²) in [6.45, 7) is 4.31. The number of unbranched alkanes of at least 4 members (excludes halogenated alkanes) is 14. The third kappa shape index (κ3) is 16.3. The maximum Gasteiger partial charge on any atom is 0.311 e. The molecule has 1 aromatic carbocycles. The van der Waals surface area contributed by atoms with Gasteiger partial charge in [0, 0.05) is 25.9 Å². The number of ether oxygens (including phenoxy) is 1. The second-order valence-electron chi connectivity index (χ2n) is 7.99. The molecular formula is C25H42O2Zn. The molecule has 2 nitrogen and oxygen atoms in total. The Hall–Kier alpha value is -0.687. The van der Waals surface area contributed by atoms with Gasteiger partial charge in [-0.15, -0.1) is 0 Å². The number of aryl methyl sites for hydroxylation is 1. The van der Waals surface area contributed by atoms with Gasteiger partial charge in [-0.25, -0.2) is 0 Å². The molecule has 0 N–H and O–H groups in total. The summed E-state index contributed by atoms with van der Waals surface area (Å²) < 4.78 is 5.35. The summed E-state index contributed by atoms with van der Waals surface area (Å²) in [5.41, 5.74) is 1.18. The van der Waals surface area contributed by atoms with Gasteiger partial charge >= 0.3 is 5.97 Å². The van der Waals surface area contributed by atoms with Gasteiger partial charge in [0.2, 0.25) is 0 Å². The monoisotopic (exact) mass is 438 g/mol. The van der Waals surface area contributed by atoms with Crippen LogP contribution in [0, 0.1) is 6.92 Å². The van der Waals surface area contributed by atoms with Crippen LogP contribution in [0.4, 0.5) is 0 Å². The molecule has 28 heavy (non-hydrogen) atoms. The minimum Gasteiger partial charge on any atom is -0.427 e. The second-order valence-corrected chi connectivity index (χ2v) is 7.99. The van der Waals surface area contributed by atoms with Crippen molar-refractivity contribution in [3.8, 4) is 5.75 Å². The van der Waals surface area contributed by atoms with Crippen LogP contribution in [0.5, 0.6) is 5.75 Å². The molecule has 1 aromatic rings. The minimum atomic E-state index is -0.103. The predicted octanol–water partition coefficient (Wildman–Crippen LogP) is 8.16. The summed E-state index contributed by atoms with van der Waals surface area (Å²) in [4.78, 5) is 11.8. The quantitative estimate of drug-likeness (QED) is 0.106. The molecule has 0 radical (unpaired) electrons. The van der Waals surface area contributed by atoms with E-state index < -0.39 is 0 Å². The Morgan fingerprint density at radius 3 is 1.50 bits per heavy atom. The average molecular weight is 440 g/mol. The van der Waals surface area contributed by atoms with Crippen molar-refractivity contribution in [2.24, 2.45) is 0 Å². The third-order valence-corrected chi connectivity index (χ3v) is 5.24. The molecule has 156 valence electrons. The van der Waals surface area contributed by atoms with Crippen molar-refractivity contribution in [1.82, 2.24) is 0 Å². The fourth-order valence-electron chi connectivity index (χ4n) is 3.43. The Bertz CT molecular complexity index is 470. The van der Waals surface area contributed by atoms with Crippen molar-refractivity contribution in [2.75, 3.05) is 0 Å². The van der Waals surface area contributed by atoms with Gasteiger partial charge in [0.05, 0.1) is 0 Å². The van der Waals surface area contributed by atoms with Gasteiger partial charge < -0.3 is 4.74 Å². The molecule has 0 atom stereocenters. The number of esters is 1. The van der Waals surface area contributed by atoms with E-state index in [0.29, 0.717) is 12.2 Å². The predicted molar refractivity (Wildman–Crippen MR) is 116 cm³/mol. The van der Waals surface area contributed by atoms with Gasteiger partial charge in [0.25, 0.3) is 0 Å². The number of benzene rings is 1. The van der Waals surface area contributed by atoms with Crippen LogP contribution >= 0.6 is 0 Å². The van der Waals surface area contributed by atoms with E-state index in [1.165, 1.54) is 89.0 Å². The Kier molecular flexibility index (Phi) is 19.1. The summed E-state index contributed by atoms with van der Waals surface area (Å²) in [5, 5.41) is 0. The summed E-state index contributed by atoms with van der Waals surface area (Å²) in [6.07, 6.45) is 20.6. The molecular weight excluding hydrogens is 398 g/mol. The molecule has 0 saturated carbocycles. The molecule has 0 fully saturated rings. The van der Waals surface area contributed by atoms with E-state index in [9.17, 15) is 4.79 Å². The van der Waals surface area contributed by atoms with E-state index in [1.54, 1.807) is 0 Å². The van der Waals surface area contributed by atoms with Crippen LogP contribution in [-0.2, 0) is 24.3 Å². The Morgan fingerprint density at radius 1 is 0.679 bits per heavy atom. The molecule has 0 aliphatic rings. The van der Waals surface area contributed by atoms with Crippen molar-refractivity contribution in [3.63, 3.8) is 0 Å². The third-order valence-electron chi connectivity index (χ3n) is 5.24. The fraction of sp³-hybridized carbons (Fsp3) is 0.720. The van der Waals surface area contributed by atoms with Gasteiger partial charge in [-0.2, -0.15) is 0 Å². The zero-order chi connectivity index (χ0) is 19.6. The number of rotatable bonds is 17. The van der Waals surface area contributed by atoms with Gasteiger partial charge in [-0.1, -0.05) is 115 Å². The van der Waals surface area contributed by atoms with Crippen LogP contribution < -0.4 is 4.74 Å². The largest absolute Gasteiger partial charge is 0.427 e. The average Bonchev–Trinajstić information content (AvgIpc) is 2.66. The summed E-state index contributed by atoms with van der Waals surface area (Å²) in [7, 11) is 0. The molecule has 0 amide bonds. The van der Waals surface area contributed by atoms with Crippen LogP contribution in [0.2, 0.25) is 0 Å². The number of carbonyl (C=O) groups is 1. The summed E-state index contributed by atoms with van der Waals surface area (Å²) in [5.74, 6) is 0.556. The van der Waals surface area contributed by atoms with E-state index in [4.69, 9.17) is 4.74 Å². The first-order valence-electron chi connectivity index (χ1n) is 11.5. The van der Waals surface area contributed by atoms with Crippen LogP contribution in [0.3, 0.4) is 0 Å². The molecule has 0 bridgehead atoms. The van der Waals surface area contributed by atoms with Crippen LogP contribution in [0.1, 0.15) is 115 Å². The minimum absolute atomic E-state index is 0. The molecule has 0 spiro atoms. The van der Waals surface area contributed by atoms with E-state index >= 15 is 0 Å². The Morgan fingerprint density at radius 2 is 1.07 bits per heavy atom. The molecule has 0 saturated heterocycles. The van der Waals surface area contributed by atoms with Gasteiger partial charge in [-0.05, 0) is 25.5 Å². The molecule has 0 unspecified atom stereocenters. The van der Waals surface area contributed by atoms with Crippen molar-refractivity contribution in [1.29, 1.82) is 0 Å². The first-order valence-corrected chi connectivity index (χ1v) is 11.5. The molecule has 0 aliphatic carbocycles. The molecule has 0 aromatic heterocycles. The van der Waals surface area contributed by atoms with Gasteiger partial charge in [0.15, 0.2) is 0 Å². The summed E-state index contributed by atoms with van der Waals surface area (Å²) >= 11 is 0. The maximum absolute atomic E-state index is 11.8. The second kappa shape index (κ2) is 19.6. The zero-order valence-corrected chi connectivity index (χ0v) is 21.6. The van der Waals surface area contributed by atoms with Crippen molar-refractivity contribution in [2.45, 2.75) is 117 Å². The van der Waals surface area contributed by atoms with Crippen molar-refractivity contribution in [3.05, 3.63) is 29.8 Å². The normalized spacial score (nSPS) is 10.5. The van der Waals surface area contributed by atoms with E-state index in [1.807, 2.05) is 31.2 Å². The fourth-order valence-corrected chi connectivity index (χ4v) is 3.43. The topological polar surface area (TPSA) is 26.3 Å². The van der Waals surface area contributed by atoms with Crippen molar-refractivity contribution < 1.29 is 29.0 Å². The van der Waals surface area contributed by atoms with E-state index in [2.05, 4.69) is 6.92 Å². The molecule has 1 rings (SSSR count). The standard InChI is InChI=1S/C25H42O2.Zn/c1-3-4-5-6-7-8-9-10-11-12-13-14-15-16-17-18-25(26)27-24-21-19-23(2)20-22-24;/h19-22H,3-18H2,1-2H3;. The van der Waals surface area contributed by atoms with E-state index in [0.717, 1.165) is 12.8 Å². The van der Waals surface area contributed by atoms with E-state index in [-0.39, 0.29) is 25.4 Å². The van der Waals surface area contributed by atoms with Crippen LogP contribution in [-0.4, -0.2) is 5.97 Å². The van der Waals surface area contributed by atoms with Crippen LogP contribution in [0.25, 0.3) is 0 Å². The SMILES string of the molecule is CCCCCCCCCCCCCCCCCC(=O)Oc1ccc(C)cc1.[Zn]. The molecule has 0 aliphatic heterocycles. The summed E-state index contributed by atoms with van der Waals surface area (Å²) in [6, 6.07) is 7.66. The van der Waals surface area contributed by atoms with Gasteiger partial charge in [-0.3, -0.25) is 4.79 Å². The van der Waals surface area contributed by atoms with Crippen LogP contribution in [0.15, 0.2) is 24.3 Å². The smallest absolute Gasteiger partial charge is 0.311 e. The Balaban J connectivity index is 0.00000729. The molecule has 3 heteroatoms.